The number of sulfonamides is 1. The molecule has 2 heterocycles. The Morgan fingerprint density at radius 3 is 2.63 bits per heavy atom. The van der Waals surface area contributed by atoms with E-state index in [0.29, 0.717) is 23.0 Å². The molecule has 2 aromatic rings. The lowest BCUT2D eigenvalue weighted by Gasteiger charge is -2.12. The van der Waals surface area contributed by atoms with Gasteiger partial charge in [0.15, 0.2) is 16.7 Å². The number of hydrogen-bond acceptors (Lipinski definition) is 7. The fourth-order valence-corrected chi connectivity index (χ4v) is 6.51. The van der Waals surface area contributed by atoms with E-state index in [1.807, 2.05) is 12.1 Å². The second kappa shape index (κ2) is 12.9. The summed E-state index contributed by atoms with van der Waals surface area (Å²) in [6.45, 7) is 6.62. The van der Waals surface area contributed by atoms with Gasteiger partial charge in [-0.05, 0) is 53.4 Å². The molecule has 1 aliphatic rings. The Bertz CT molecular complexity index is 1190. The van der Waals surface area contributed by atoms with Crippen LogP contribution in [-0.2, 0) is 14.8 Å². The molecular formula is C25H30N2O5S3. The number of amides is 1. The molecule has 7 nitrogen and oxygen atoms in total. The molecule has 0 N–H and O–H groups in total. The Morgan fingerprint density at radius 1 is 1.14 bits per heavy atom. The fourth-order valence-electron chi connectivity index (χ4n) is 3.36. The van der Waals surface area contributed by atoms with Gasteiger partial charge < -0.3 is 9.47 Å². The smallest absolute Gasteiger partial charge is 0.294 e. The molecule has 0 saturated carbocycles. The Balaban J connectivity index is 1.78. The lowest BCUT2D eigenvalue weighted by Crippen LogP contribution is -2.29. The van der Waals surface area contributed by atoms with Crippen molar-refractivity contribution in [2.45, 2.75) is 43.2 Å². The summed E-state index contributed by atoms with van der Waals surface area (Å²) < 4.78 is 40.7. The van der Waals surface area contributed by atoms with E-state index in [2.05, 4.69) is 17.9 Å². The van der Waals surface area contributed by atoms with Crippen LogP contribution in [0.1, 0.15) is 44.6 Å². The Hall–Kier alpha value is -2.56. The zero-order valence-electron chi connectivity index (χ0n) is 19.9. The minimum atomic E-state index is -3.91. The van der Waals surface area contributed by atoms with Crippen molar-refractivity contribution < 1.29 is 22.7 Å². The topological polar surface area (TPSA) is 85.3 Å². The van der Waals surface area contributed by atoms with Crippen molar-refractivity contribution in [3.8, 4) is 11.5 Å². The lowest BCUT2D eigenvalue weighted by molar-refractivity contribution is -0.121. The molecule has 1 amide bonds. The summed E-state index contributed by atoms with van der Waals surface area (Å²) in [6.07, 6.45) is 8.99. The van der Waals surface area contributed by atoms with Crippen molar-refractivity contribution >= 4 is 50.3 Å². The normalized spacial score (nSPS) is 16.3. The minimum absolute atomic E-state index is 0.101. The summed E-state index contributed by atoms with van der Waals surface area (Å²) in [5.74, 6) is 0.884. The van der Waals surface area contributed by atoms with E-state index in [1.165, 1.54) is 36.3 Å². The first kappa shape index (κ1) is 27.0. The maximum Gasteiger partial charge on any atom is 0.294 e. The number of unbranched alkanes of at least 4 members (excludes halogenated alkanes) is 4. The lowest BCUT2D eigenvalue weighted by atomic mass is 10.1. The van der Waals surface area contributed by atoms with E-state index in [0.717, 1.165) is 41.5 Å². The Kier molecular flexibility index (Phi) is 10.00. The highest BCUT2D eigenvalue weighted by Crippen LogP contribution is 2.36. The number of benzene rings is 1. The molecule has 1 aromatic carbocycles. The number of carbonyl (C=O) groups is 1. The third kappa shape index (κ3) is 7.22. The zero-order valence-corrected chi connectivity index (χ0v) is 22.4. The van der Waals surface area contributed by atoms with Gasteiger partial charge >= 0.3 is 0 Å². The first-order chi connectivity index (χ1) is 16.9. The molecule has 1 aliphatic heterocycles. The molecular weight excluding hydrogens is 504 g/mol. The average Bonchev–Trinajstić information content (AvgIpc) is 3.48. The summed E-state index contributed by atoms with van der Waals surface area (Å²) >= 11 is 2.10. The molecule has 1 saturated heterocycles. The molecule has 188 valence electrons. The van der Waals surface area contributed by atoms with E-state index in [4.69, 9.17) is 9.47 Å². The molecule has 10 heteroatoms. The first-order valence-corrected chi connectivity index (χ1v) is 14.5. The number of hydrogen-bond donors (Lipinski definition) is 0. The second-order valence-electron chi connectivity index (χ2n) is 7.77. The molecule has 0 aliphatic carbocycles. The maximum absolute atomic E-state index is 13.0. The van der Waals surface area contributed by atoms with E-state index >= 15 is 0 Å². The van der Waals surface area contributed by atoms with Crippen LogP contribution in [0.15, 0.2) is 61.9 Å². The predicted octanol–water partition coefficient (Wildman–Crippen LogP) is 5.95. The van der Waals surface area contributed by atoms with Crippen molar-refractivity contribution in [2.75, 3.05) is 20.3 Å². The first-order valence-electron chi connectivity index (χ1n) is 11.4. The van der Waals surface area contributed by atoms with Crippen LogP contribution < -0.4 is 9.47 Å². The standard InChI is InChI=1S/C25H30N2O5S3/c1-4-6-7-8-9-15-32-20-13-12-19(17-21(20)31-3)18-22-24(28)27(14-5-2)25(34-22)26-35(29,30)23-11-10-16-33-23/h5,10-13,16-18H,2,4,6-9,14-15H2,1,3H3/b22-18-,26-25?. The number of thiophene rings is 1. The highest BCUT2D eigenvalue weighted by molar-refractivity contribution is 8.19. The van der Waals surface area contributed by atoms with Gasteiger partial charge in [0.05, 0.1) is 18.6 Å². The number of nitrogens with zero attached hydrogens (tertiary/aromatic N) is 2. The van der Waals surface area contributed by atoms with Crippen LogP contribution in [0.2, 0.25) is 0 Å². The summed E-state index contributed by atoms with van der Waals surface area (Å²) in [7, 11) is -2.34. The van der Waals surface area contributed by atoms with Crippen molar-refractivity contribution in [3.05, 3.63) is 58.8 Å². The van der Waals surface area contributed by atoms with Crippen LogP contribution in [0.4, 0.5) is 0 Å². The van der Waals surface area contributed by atoms with Crippen molar-refractivity contribution in [3.63, 3.8) is 0 Å². The van der Waals surface area contributed by atoms with Gasteiger partial charge in [0.25, 0.3) is 15.9 Å². The highest BCUT2D eigenvalue weighted by atomic mass is 32.2. The van der Waals surface area contributed by atoms with E-state index in [1.54, 1.807) is 30.7 Å². The fraction of sp³-hybridized carbons (Fsp3) is 0.360. The Labute approximate surface area is 215 Å². The highest BCUT2D eigenvalue weighted by Gasteiger charge is 2.34. The van der Waals surface area contributed by atoms with Gasteiger partial charge in [0, 0.05) is 6.54 Å². The van der Waals surface area contributed by atoms with Crippen LogP contribution in [-0.4, -0.2) is 44.7 Å². The van der Waals surface area contributed by atoms with Crippen LogP contribution in [0.25, 0.3) is 6.08 Å². The average molecular weight is 535 g/mol. The molecule has 0 spiro atoms. The van der Waals surface area contributed by atoms with Gasteiger partial charge in [-0.3, -0.25) is 9.69 Å². The van der Waals surface area contributed by atoms with E-state index in [-0.39, 0.29) is 21.8 Å². The summed E-state index contributed by atoms with van der Waals surface area (Å²) in [5.41, 5.74) is 0.730. The van der Waals surface area contributed by atoms with Gasteiger partial charge in [0.1, 0.15) is 4.21 Å². The predicted molar refractivity (Wildman–Crippen MR) is 144 cm³/mol. The van der Waals surface area contributed by atoms with Gasteiger partial charge in [-0.15, -0.1) is 22.3 Å². The van der Waals surface area contributed by atoms with Crippen LogP contribution in [0.5, 0.6) is 11.5 Å². The summed E-state index contributed by atoms with van der Waals surface area (Å²) in [6, 6.07) is 8.58. The molecule has 1 fully saturated rings. The van der Waals surface area contributed by atoms with Crippen molar-refractivity contribution in [1.29, 1.82) is 0 Å². The van der Waals surface area contributed by atoms with Crippen LogP contribution in [0.3, 0.4) is 0 Å². The van der Waals surface area contributed by atoms with Gasteiger partial charge in [-0.25, -0.2) is 0 Å². The number of amidine groups is 1. The zero-order chi connectivity index (χ0) is 25.3. The van der Waals surface area contributed by atoms with Crippen molar-refractivity contribution in [1.82, 2.24) is 4.90 Å². The second-order valence-corrected chi connectivity index (χ2v) is 11.6. The number of carbonyl (C=O) groups excluding carboxylic acids is 1. The van der Waals surface area contributed by atoms with E-state index < -0.39 is 10.0 Å². The molecule has 1 aromatic heterocycles. The Morgan fingerprint density at radius 2 is 1.94 bits per heavy atom. The van der Waals surface area contributed by atoms with Crippen LogP contribution in [0, 0.1) is 0 Å². The number of thioether (sulfide) groups is 1. The third-order valence-corrected chi connectivity index (χ3v) is 8.90. The number of rotatable bonds is 13. The monoisotopic (exact) mass is 534 g/mol. The summed E-state index contributed by atoms with van der Waals surface area (Å²) in [4.78, 5) is 14.7. The summed E-state index contributed by atoms with van der Waals surface area (Å²) in [5, 5.41) is 1.77. The van der Waals surface area contributed by atoms with Crippen molar-refractivity contribution in [2.24, 2.45) is 4.40 Å². The van der Waals surface area contributed by atoms with Crippen LogP contribution >= 0.6 is 23.1 Å². The number of ether oxygens (including phenoxy) is 2. The third-order valence-electron chi connectivity index (χ3n) is 5.14. The molecule has 3 rings (SSSR count). The van der Waals surface area contributed by atoms with Gasteiger partial charge in [-0.1, -0.05) is 50.8 Å². The maximum atomic E-state index is 13.0. The SMILES string of the molecule is C=CCN1C(=O)/C(=C/c2ccc(OCCCCCCC)c(OC)c2)SC1=NS(=O)(=O)c1cccs1. The quantitative estimate of drug-likeness (QED) is 0.179. The molecule has 0 bridgehead atoms. The molecule has 0 radical (unpaired) electrons. The van der Waals surface area contributed by atoms with Gasteiger partial charge in [0.2, 0.25) is 0 Å². The molecule has 35 heavy (non-hydrogen) atoms. The minimum Gasteiger partial charge on any atom is -0.493 e. The molecule has 0 unspecified atom stereocenters. The number of methoxy groups -OCH3 is 1. The largest absolute Gasteiger partial charge is 0.493 e. The molecule has 0 atom stereocenters. The van der Waals surface area contributed by atoms with Gasteiger partial charge in [-0.2, -0.15) is 8.42 Å². The van der Waals surface area contributed by atoms with E-state index in [9.17, 15) is 13.2 Å².